The highest BCUT2D eigenvalue weighted by molar-refractivity contribution is 7.89. The van der Waals surface area contributed by atoms with Gasteiger partial charge in [0, 0.05) is 24.0 Å². The third-order valence-corrected chi connectivity index (χ3v) is 7.44. The average Bonchev–Trinajstić information content (AvgIpc) is 3.44. The van der Waals surface area contributed by atoms with Gasteiger partial charge in [0.15, 0.2) is 5.76 Å². The Bertz CT molecular complexity index is 1250. The van der Waals surface area contributed by atoms with Crippen LogP contribution in [0.15, 0.2) is 58.0 Å². The van der Waals surface area contributed by atoms with E-state index in [-0.39, 0.29) is 17.4 Å². The number of carbonyl (C=O) groups is 2. The molecule has 2 aliphatic rings. The number of urea groups is 1. The highest BCUT2D eigenvalue weighted by atomic mass is 32.2. The van der Waals surface area contributed by atoms with Crippen LogP contribution in [0, 0.1) is 5.92 Å². The summed E-state index contributed by atoms with van der Waals surface area (Å²) in [6.45, 7) is 0.0430. The molecule has 1 aliphatic carbocycles. The van der Waals surface area contributed by atoms with Crippen molar-refractivity contribution in [1.82, 2.24) is 20.3 Å². The molecule has 1 spiro atoms. The van der Waals surface area contributed by atoms with Crippen LogP contribution in [0.4, 0.5) is 4.79 Å². The largest absolute Gasteiger partial charge is 0.454 e. The predicted molar refractivity (Wildman–Crippen MR) is 111 cm³/mol. The monoisotopic (exact) mass is 440 g/mol. The van der Waals surface area contributed by atoms with E-state index >= 15 is 0 Å². The lowest BCUT2D eigenvalue weighted by Crippen LogP contribution is -2.53. The molecule has 9 nitrogen and oxygen atoms in total. The lowest BCUT2D eigenvalue weighted by atomic mass is 9.87. The number of imide groups is 1. The third-order valence-electron chi connectivity index (χ3n) is 6.03. The summed E-state index contributed by atoms with van der Waals surface area (Å²) in [6, 6.07) is 11.9. The van der Waals surface area contributed by atoms with Gasteiger partial charge in [-0.1, -0.05) is 24.6 Å². The van der Waals surface area contributed by atoms with E-state index in [2.05, 4.69) is 20.3 Å². The number of pyridine rings is 1. The van der Waals surface area contributed by atoms with Crippen LogP contribution in [0.2, 0.25) is 0 Å². The minimum atomic E-state index is -3.84. The van der Waals surface area contributed by atoms with Crippen molar-refractivity contribution in [1.29, 1.82) is 0 Å². The molecule has 160 valence electrons. The summed E-state index contributed by atoms with van der Waals surface area (Å²) in [6.07, 6.45) is 3.14. The van der Waals surface area contributed by atoms with Crippen LogP contribution < -0.4 is 15.4 Å². The molecule has 2 fully saturated rings. The molecule has 5 rings (SSSR count). The summed E-state index contributed by atoms with van der Waals surface area (Å²) in [5, 5.41) is 5.88. The van der Waals surface area contributed by atoms with Crippen LogP contribution in [0.25, 0.3) is 22.4 Å². The minimum absolute atomic E-state index is 0.0133. The van der Waals surface area contributed by atoms with Gasteiger partial charge >= 0.3 is 6.03 Å². The molecular weight excluding hydrogens is 420 g/mol. The lowest BCUT2D eigenvalue weighted by Gasteiger charge is -2.28. The van der Waals surface area contributed by atoms with Gasteiger partial charge in [0.05, 0.1) is 0 Å². The Morgan fingerprint density at radius 1 is 1.19 bits per heavy atom. The van der Waals surface area contributed by atoms with Crippen molar-refractivity contribution in [3.05, 3.63) is 48.7 Å². The number of hydrogen-bond donors (Lipinski definition) is 3. The van der Waals surface area contributed by atoms with Gasteiger partial charge in [-0.3, -0.25) is 15.1 Å². The Morgan fingerprint density at radius 2 is 2.03 bits per heavy atom. The van der Waals surface area contributed by atoms with Crippen molar-refractivity contribution in [3.63, 3.8) is 0 Å². The van der Waals surface area contributed by atoms with Crippen molar-refractivity contribution in [2.24, 2.45) is 5.92 Å². The second kappa shape index (κ2) is 7.17. The number of rotatable bonds is 5. The summed E-state index contributed by atoms with van der Waals surface area (Å²) in [5.74, 6) is -0.165. The number of fused-ring (bicyclic) bond motifs is 1. The molecule has 3 amide bonds. The van der Waals surface area contributed by atoms with Crippen molar-refractivity contribution < 1.29 is 22.4 Å². The maximum atomic E-state index is 12.8. The van der Waals surface area contributed by atoms with Gasteiger partial charge in [0.1, 0.15) is 21.7 Å². The highest BCUT2D eigenvalue weighted by Gasteiger charge is 2.54. The van der Waals surface area contributed by atoms with Crippen molar-refractivity contribution in [3.8, 4) is 11.5 Å². The molecule has 10 heteroatoms. The first-order chi connectivity index (χ1) is 14.9. The quantitative estimate of drug-likeness (QED) is 0.521. The average molecular weight is 440 g/mol. The molecule has 1 aliphatic heterocycles. The summed E-state index contributed by atoms with van der Waals surface area (Å²) >= 11 is 0. The van der Waals surface area contributed by atoms with E-state index in [1.165, 1.54) is 12.3 Å². The van der Waals surface area contributed by atoms with Crippen LogP contribution in [-0.2, 0) is 14.8 Å². The molecule has 0 bridgehead atoms. The van der Waals surface area contributed by atoms with Gasteiger partial charge in [-0.2, -0.15) is 0 Å². The summed E-state index contributed by atoms with van der Waals surface area (Å²) < 4.78 is 33.9. The van der Waals surface area contributed by atoms with Crippen LogP contribution in [-0.4, -0.2) is 37.4 Å². The first-order valence-corrected chi connectivity index (χ1v) is 11.4. The fourth-order valence-corrected chi connectivity index (χ4v) is 5.44. The van der Waals surface area contributed by atoms with Gasteiger partial charge in [0.25, 0.3) is 5.91 Å². The summed E-state index contributed by atoms with van der Waals surface area (Å²) in [4.78, 5) is 28.1. The molecule has 3 aromatic rings. The van der Waals surface area contributed by atoms with Gasteiger partial charge in [-0.25, -0.2) is 17.9 Å². The molecule has 1 saturated carbocycles. The maximum absolute atomic E-state index is 12.8. The number of nitrogens with zero attached hydrogens (tertiary/aromatic N) is 1. The molecule has 2 unspecified atom stereocenters. The van der Waals surface area contributed by atoms with Crippen LogP contribution in [0.1, 0.15) is 19.3 Å². The van der Waals surface area contributed by atoms with E-state index in [4.69, 9.17) is 4.42 Å². The SMILES string of the molecule is O=C1NC(=O)C2(CCCC2CNS(=O)(=O)c2ccc(-c3cc4ccccc4o3)nc2)N1. The first-order valence-electron chi connectivity index (χ1n) is 9.96. The molecule has 1 saturated heterocycles. The van der Waals surface area contributed by atoms with E-state index in [0.717, 1.165) is 17.4 Å². The molecule has 0 radical (unpaired) electrons. The zero-order valence-corrected chi connectivity index (χ0v) is 17.2. The van der Waals surface area contributed by atoms with Crippen LogP contribution in [0.3, 0.4) is 0 Å². The number of hydrogen-bond acceptors (Lipinski definition) is 6. The number of benzene rings is 1. The summed E-state index contributed by atoms with van der Waals surface area (Å²) in [5.41, 5.74) is 0.213. The fraction of sp³-hybridized carbons (Fsp3) is 0.286. The van der Waals surface area contributed by atoms with Gasteiger partial charge in [0.2, 0.25) is 10.0 Å². The molecule has 3 heterocycles. The molecular formula is C21H20N4O5S. The second-order valence-electron chi connectivity index (χ2n) is 7.85. The number of carbonyl (C=O) groups excluding carboxylic acids is 2. The number of amides is 3. The Morgan fingerprint density at radius 3 is 2.74 bits per heavy atom. The number of furan rings is 1. The van der Waals surface area contributed by atoms with Crippen molar-refractivity contribution >= 4 is 32.9 Å². The van der Waals surface area contributed by atoms with Crippen molar-refractivity contribution in [2.75, 3.05) is 6.54 Å². The lowest BCUT2D eigenvalue weighted by molar-refractivity contribution is -0.125. The highest BCUT2D eigenvalue weighted by Crippen LogP contribution is 2.37. The zero-order valence-electron chi connectivity index (χ0n) is 16.4. The number of sulfonamides is 1. The van der Waals surface area contributed by atoms with Crippen molar-refractivity contribution in [2.45, 2.75) is 29.7 Å². The molecule has 2 aromatic heterocycles. The Kier molecular flexibility index (Phi) is 4.56. The van der Waals surface area contributed by atoms with E-state index < -0.39 is 27.5 Å². The predicted octanol–water partition coefficient (Wildman–Crippen LogP) is 2.15. The van der Waals surface area contributed by atoms with Gasteiger partial charge in [-0.15, -0.1) is 0 Å². The van der Waals surface area contributed by atoms with Crippen LogP contribution in [0.5, 0.6) is 0 Å². The fourth-order valence-electron chi connectivity index (χ4n) is 4.41. The standard InChI is InChI=1S/C21H20N4O5S/c26-19-21(25-20(27)24-19)9-3-5-14(21)11-23-31(28,29)15-7-8-16(22-12-15)18-10-13-4-1-2-6-17(13)30-18/h1-2,4,6-8,10,12,14,23H,3,5,9,11H2,(H2,24,25,26,27). The Hall–Kier alpha value is -3.24. The Balaban J connectivity index is 1.32. The topological polar surface area (TPSA) is 130 Å². The summed E-state index contributed by atoms with van der Waals surface area (Å²) in [7, 11) is -3.84. The zero-order chi connectivity index (χ0) is 21.6. The van der Waals surface area contributed by atoms with Crippen LogP contribution >= 0.6 is 0 Å². The molecule has 31 heavy (non-hydrogen) atoms. The number of nitrogens with one attached hydrogen (secondary N) is 3. The Labute approximate surface area is 178 Å². The maximum Gasteiger partial charge on any atom is 0.322 e. The van der Waals surface area contributed by atoms with E-state index in [9.17, 15) is 18.0 Å². The minimum Gasteiger partial charge on any atom is -0.454 e. The van der Waals surface area contributed by atoms with Gasteiger partial charge in [-0.05, 0) is 37.1 Å². The normalized spacial score (nSPS) is 23.4. The van der Waals surface area contributed by atoms with E-state index in [1.54, 1.807) is 6.07 Å². The molecule has 2 atom stereocenters. The van der Waals surface area contributed by atoms with E-state index in [0.29, 0.717) is 24.3 Å². The third kappa shape index (κ3) is 3.37. The first kappa shape index (κ1) is 19.7. The second-order valence-corrected chi connectivity index (χ2v) is 9.62. The molecule has 1 aromatic carbocycles. The smallest absolute Gasteiger partial charge is 0.322 e. The van der Waals surface area contributed by atoms with Gasteiger partial charge < -0.3 is 9.73 Å². The molecule has 3 N–H and O–H groups in total. The number of para-hydroxylation sites is 1. The van der Waals surface area contributed by atoms with E-state index in [1.807, 2.05) is 30.3 Å². The number of aromatic nitrogens is 1.